The number of carbonyl (C=O) groups is 1. The first-order valence-electron chi connectivity index (χ1n) is 3.46. The van der Waals surface area contributed by atoms with Crippen LogP contribution in [0.4, 0.5) is 0 Å². The summed E-state index contributed by atoms with van der Waals surface area (Å²) in [4.78, 5) is 13.2. The number of furan rings is 1. The van der Waals surface area contributed by atoms with Gasteiger partial charge in [0.15, 0.2) is 5.76 Å². The van der Waals surface area contributed by atoms with Gasteiger partial charge in [0.25, 0.3) is 5.91 Å². The molecule has 0 aliphatic heterocycles. The molecule has 0 aromatic carbocycles. The Morgan fingerprint density at radius 1 is 1.75 bits per heavy atom. The Hall–Kier alpha value is -1.74. The lowest BCUT2D eigenvalue weighted by Crippen LogP contribution is -1.88. The predicted octanol–water partition coefficient (Wildman–Crippen LogP) is 2.29. The first kappa shape index (κ1) is 8.36. The van der Waals surface area contributed by atoms with E-state index in [0.29, 0.717) is 12.2 Å². The van der Waals surface area contributed by atoms with Crippen LogP contribution in [0.3, 0.4) is 0 Å². The van der Waals surface area contributed by atoms with Crippen molar-refractivity contribution in [3.8, 4) is 0 Å². The molecule has 0 aliphatic rings. The quantitative estimate of drug-likeness (QED) is 0.382. The lowest BCUT2D eigenvalue weighted by atomic mass is 10.3. The molecular formula is C7H7N3O2. The molecule has 0 bridgehead atoms. The van der Waals surface area contributed by atoms with Crippen molar-refractivity contribution in [2.24, 2.45) is 5.11 Å². The van der Waals surface area contributed by atoms with E-state index in [9.17, 15) is 4.79 Å². The van der Waals surface area contributed by atoms with E-state index < -0.39 is 5.91 Å². The van der Waals surface area contributed by atoms with Crippen molar-refractivity contribution in [1.82, 2.24) is 0 Å². The largest absolute Gasteiger partial charge is 0.458 e. The molecule has 0 atom stereocenters. The van der Waals surface area contributed by atoms with Gasteiger partial charge in [0.1, 0.15) is 5.76 Å². The van der Waals surface area contributed by atoms with Gasteiger partial charge in [0.2, 0.25) is 0 Å². The Kier molecular flexibility index (Phi) is 2.50. The van der Waals surface area contributed by atoms with Gasteiger partial charge in [-0.15, -0.1) is 0 Å². The molecule has 5 nitrogen and oxygen atoms in total. The van der Waals surface area contributed by atoms with Crippen molar-refractivity contribution < 1.29 is 9.21 Å². The van der Waals surface area contributed by atoms with Crippen molar-refractivity contribution in [2.75, 3.05) is 0 Å². The SMILES string of the molecule is CCc1ccc(C(=O)N=[N+]=[N-])o1. The highest BCUT2D eigenvalue weighted by molar-refractivity contribution is 5.92. The van der Waals surface area contributed by atoms with Gasteiger partial charge in [0.05, 0.1) is 0 Å². The molecule has 0 N–H and O–H groups in total. The van der Waals surface area contributed by atoms with E-state index in [1.165, 1.54) is 6.07 Å². The van der Waals surface area contributed by atoms with Crippen molar-refractivity contribution in [3.05, 3.63) is 34.1 Å². The zero-order chi connectivity index (χ0) is 8.97. The van der Waals surface area contributed by atoms with Gasteiger partial charge in [-0.05, 0) is 22.8 Å². The Balaban J connectivity index is 2.88. The van der Waals surface area contributed by atoms with Gasteiger partial charge in [-0.2, -0.15) is 0 Å². The molecule has 0 spiro atoms. The number of azide groups is 1. The Labute approximate surface area is 68.6 Å². The minimum atomic E-state index is -0.683. The Bertz CT molecular complexity index is 336. The van der Waals surface area contributed by atoms with Crippen LogP contribution < -0.4 is 0 Å². The van der Waals surface area contributed by atoms with Crippen LogP contribution in [0.25, 0.3) is 10.4 Å². The minimum Gasteiger partial charge on any atom is -0.458 e. The number of amides is 1. The van der Waals surface area contributed by atoms with E-state index in [1.54, 1.807) is 6.07 Å². The monoisotopic (exact) mass is 165 g/mol. The van der Waals surface area contributed by atoms with Crippen LogP contribution >= 0.6 is 0 Å². The van der Waals surface area contributed by atoms with E-state index in [4.69, 9.17) is 9.95 Å². The maximum atomic E-state index is 10.9. The highest BCUT2D eigenvalue weighted by Gasteiger charge is 2.07. The van der Waals surface area contributed by atoms with E-state index in [-0.39, 0.29) is 5.76 Å². The first-order chi connectivity index (χ1) is 5.77. The average molecular weight is 165 g/mol. The summed E-state index contributed by atoms with van der Waals surface area (Å²) >= 11 is 0. The van der Waals surface area contributed by atoms with Crippen LogP contribution in [-0.4, -0.2) is 5.91 Å². The fourth-order valence-electron chi connectivity index (χ4n) is 0.773. The zero-order valence-electron chi connectivity index (χ0n) is 6.52. The Morgan fingerprint density at radius 2 is 2.50 bits per heavy atom. The summed E-state index contributed by atoms with van der Waals surface area (Å²) in [6, 6.07) is 3.18. The molecular weight excluding hydrogens is 158 g/mol. The molecule has 1 aromatic rings. The van der Waals surface area contributed by atoms with Gasteiger partial charge < -0.3 is 4.42 Å². The number of rotatable bonds is 2. The molecule has 1 heterocycles. The van der Waals surface area contributed by atoms with Crippen LogP contribution in [0.5, 0.6) is 0 Å². The van der Waals surface area contributed by atoms with E-state index in [2.05, 4.69) is 10.0 Å². The van der Waals surface area contributed by atoms with Crippen LogP contribution in [0.15, 0.2) is 21.7 Å². The fraction of sp³-hybridized carbons (Fsp3) is 0.286. The molecule has 12 heavy (non-hydrogen) atoms. The topological polar surface area (TPSA) is 79.0 Å². The summed E-state index contributed by atoms with van der Waals surface area (Å²) < 4.78 is 5.03. The smallest absolute Gasteiger partial charge is 0.284 e. The lowest BCUT2D eigenvalue weighted by Gasteiger charge is -1.86. The second kappa shape index (κ2) is 3.59. The van der Waals surface area contributed by atoms with Gasteiger partial charge in [0, 0.05) is 11.3 Å². The third-order valence-corrected chi connectivity index (χ3v) is 1.36. The van der Waals surface area contributed by atoms with E-state index in [0.717, 1.165) is 0 Å². The maximum Gasteiger partial charge on any atom is 0.284 e. The molecule has 1 amide bonds. The molecule has 5 heteroatoms. The summed E-state index contributed by atoms with van der Waals surface area (Å²) in [5.41, 5.74) is 7.96. The number of hydrogen-bond acceptors (Lipinski definition) is 2. The summed E-state index contributed by atoms with van der Waals surface area (Å²) in [5, 5.41) is 2.89. The van der Waals surface area contributed by atoms with Crippen LogP contribution in [0.2, 0.25) is 0 Å². The van der Waals surface area contributed by atoms with Gasteiger partial charge >= 0.3 is 0 Å². The van der Waals surface area contributed by atoms with Crippen molar-refractivity contribution >= 4 is 5.91 Å². The van der Waals surface area contributed by atoms with Gasteiger partial charge in [-0.25, -0.2) is 0 Å². The molecule has 0 unspecified atom stereocenters. The maximum absolute atomic E-state index is 10.9. The minimum absolute atomic E-state index is 0.0876. The number of nitrogens with zero attached hydrogens (tertiary/aromatic N) is 3. The highest BCUT2D eigenvalue weighted by Crippen LogP contribution is 2.09. The van der Waals surface area contributed by atoms with Crippen LogP contribution in [0.1, 0.15) is 23.2 Å². The summed E-state index contributed by atoms with van der Waals surface area (Å²) in [6.07, 6.45) is 0.712. The summed E-state index contributed by atoms with van der Waals surface area (Å²) in [7, 11) is 0. The molecule has 1 rings (SSSR count). The standard InChI is InChI=1S/C7H7N3O2/c1-2-5-3-4-6(12-5)7(11)9-10-8/h3-4H,2H2,1H3. The van der Waals surface area contributed by atoms with Crippen LogP contribution in [0, 0.1) is 0 Å². The zero-order valence-corrected chi connectivity index (χ0v) is 6.52. The Morgan fingerprint density at radius 3 is 3.00 bits per heavy atom. The van der Waals surface area contributed by atoms with E-state index >= 15 is 0 Å². The predicted molar refractivity (Wildman–Crippen MR) is 41.6 cm³/mol. The van der Waals surface area contributed by atoms with Gasteiger partial charge in [-0.3, -0.25) is 4.79 Å². The normalized spacial score (nSPS) is 9.08. The second-order valence-electron chi connectivity index (χ2n) is 2.11. The number of hydrogen-bond donors (Lipinski definition) is 0. The van der Waals surface area contributed by atoms with Crippen molar-refractivity contribution in [3.63, 3.8) is 0 Å². The lowest BCUT2D eigenvalue weighted by molar-refractivity contribution is 0.0972. The molecule has 0 saturated heterocycles. The average Bonchev–Trinajstić information content (AvgIpc) is 2.52. The summed E-state index contributed by atoms with van der Waals surface area (Å²) in [6.45, 7) is 1.90. The van der Waals surface area contributed by atoms with Gasteiger partial charge in [-0.1, -0.05) is 6.92 Å². The third kappa shape index (κ3) is 1.65. The number of aryl methyl sites for hydroxylation is 1. The molecule has 0 fully saturated rings. The molecule has 1 aromatic heterocycles. The van der Waals surface area contributed by atoms with Crippen molar-refractivity contribution in [1.29, 1.82) is 0 Å². The van der Waals surface area contributed by atoms with Crippen LogP contribution in [-0.2, 0) is 6.42 Å². The third-order valence-electron chi connectivity index (χ3n) is 1.36. The first-order valence-corrected chi connectivity index (χ1v) is 3.46. The number of carbonyl (C=O) groups excluding carboxylic acids is 1. The fourth-order valence-corrected chi connectivity index (χ4v) is 0.773. The molecule has 0 aliphatic carbocycles. The molecule has 0 radical (unpaired) electrons. The highest BCUT2D eigenvalue weighted by atomic mass is 16.3. The van der Waals surface area contributed by atoms with E-state index in [1.807, 2.05) is 6.92 Å². The molecule has 62 valence electrons. The summed E-state index contributed by atoms with van der Waals surface area (Å²) in [5.74, 6) is 0.105. The molecule has 0 saturated carbocycles. The second-order valence-corrected chi connectivity index (χ2v) is 2.11. The van der Waals surface area contributed by atoms with Crippen molar-refractivity contribution in [2.45, 2.75) is 13.3 Å².